The lowest BCUT2D eigenvalue weighted by Gasteiger charge is -2.20. The van der Waals surface area contributed by atoms with Gasteiger partial charge in [0.1, 0.15) is 0 Å². The lowest BCUT2D eigenvalue weighted by Crippen LogP contribution is -2.45. The highest BCUT2D eigenvalue weighted by atomic mass is 35.5. The van der Waals surface area contributed by atoms with Crippen LogP contribution in [0.3, 0.4) is 0 Å². The van der Waals surface area contributed by atoms with Gasteiger partial charge in [-0.2, -0.15) is 0 Å². The molecule has 1 unspecified atom stereocenters. The third-order valence-electron chi connectivity index (χ3n) is 8.61. The molecule has 5 N–H and O–H groups in total. The van der Waals surface area contributed by atoms with Gasteiger partial charge >= 0.3 is 0 Å². The number of carbonyl (C=O) groups excluding carboxylic acids is 1. The predicted molar refractivity (Wildman–Crippen MR) is 201 cm³/mol. The van der Waals surface area contributed by atoms with E-state index in [0.29, 0.717) is 26.1 Å². The quantitative estimate of drug-likeness (QED) is 0.0571. The summed E-state index contributed by atoms with van der Waals surface area (Å²) in [5.74, 6) is -0.100. The van der Waals surface area contributed by atoms with E-state index in [-0.39, 0.29) is 36.8 Å². The normalized spacial score (nSPS) is 12.4. The number of ether oxygens (including phenoxy) is 2. The van der Waals surface area contributed by atoms with Crippen LogP contribution >= 0.6 is 24.8 Å². The lowest BCUT2D eigenvalue weighted by molar-refractivity contribution is -0.123. The van der Waals surface area contributed by atoms with Crippen LogP contribution in [0.15, 0.2) is 0 Å². The van der Waals surface area contributed by atoms with Gasteiger partial charge in [-0.1, -0.05) is 162 Å². The number of rotatable bonds is 36. The molecule has 0 rings (SSSR count). The average molecular weight is 685 g/mol. The number of halogens is 2. The minimum absolute atomic E-state index is 0. The van der Waals surface area contributed by atoms with Crippen molar-refractivity contribution in [3.05, 3.63) is 0 Å². The second kappa shape index (κ2) is 41.9. The van der Waals surface area contributed by atoms with Crippen molar-refractivity contribution in [2.24, 2.45) is 11.5 Å². The Kier molecular flexibility index (Phi) is 45.9. The van der Waals surface area contributed by atoms with E-state index in [1.54, 1.807) is 0 Å². The summed E-state index contributed by atoms with van der Waals surface area (Å²) in [7, 11) is 0. The molecule has 0 radical (unpaired) electrons. The van der Waals surface area contributed by atoms with Gasteiger partial charge in [0.05, 0.1) is 18.8 Å². The maximum Gasteiger partial charge on any atom is 0.237 e. The summed E-state index contributed by atoms with van der Waals surface area (Å²) in [5, 5.41) is 3.01. The molecule has 0 aliphatic rings. The molecule has 8 heteroatoms. The zero-order chi connectivity index (χ0) is 31.5. The van der Waals surface area contributed by atoms with Crippen molar-refractivity contribution in [1.82, 2.24) is 5.32 Å². The van der Waals surface area contributed by atoms with Crippen LogP contribution in [-0.4, -0.2) is 51.0 Å². The SMILES string of the molecule is CCCCCCCCCCCCCCOCC(CNC(=O)[C@@H](N)CCCCN)OCCCCCCCCCCCCCC.Cl.Cl. The third kappa shape index (κ3) is 38.2. The standard InChI is InChI=1S/C37H77N3O3.2ClH/c1-3-5-7-9-11-13-15-17-19-21-23-27-31-42-34-35(33-40-37(41)36(39)29-25-26-30-38)43-32-28-24-22-20-18-16-14-12-10-8-6-4-2;;/h35-36H,3-34,38-39H2,1-2H3,(H,40,41);2*1H/t35?,36-;;/m0../s1. The van der Waals surface area contributed by atoms with Crippen LogP contribution in [0.2, 0.25) is 0 Å². The van der Waals surface area contributed by atoms with E-state index in [1.165, 1.54) is 141 Å². The van der Waals surface area contributed by atoms with Crippen LogP contribution in [0.4, 0.5) is 0 Å². The maximum atomic E-state index is 12.5. The number of amides is 1. The lowest BCUT2D eigenvalue weighted by atomic mass is 10.1. The zero-order valence-corrected chi connectivity index (χ0v) is 31.6. The minimum atomic E-state index is -0.481. The molecule has 0 aliphatic carbocycles. The van der Waals surface area contributed by atoms with Gasteiger partial charge < -0.3 is 26.3 Å². The van der Waals surface area contributed by atoms with Crippen LogP contribution in [0, 0.1) is 0 Å². The van der Waals surface area contributed by atoms with Crippen molar-refractivity contribution < 1.29 is 14.3 Å². The Morgan fingerprint density at radius 1 is 0.578 bits per heavy atom. The summed E-state index contributed by atoms with van der Waals surface area (Å²) < 4.78 is 12.2. The van der Waals surface area contributed by atoms with Gasteiger partial charge in [0.15, 0.2) is 0 Å². The number of unbranched alkanes of at least 4 members (excludes halogenated alkanes) is 23. The molecule has 6 nitrogen and oxygen atoms in total. The maximum absolute atomic E-state index is 12.5. The highest BCUT2D eigenvalue weighted by Gasteiger charge is 2.16. The number of nitrogens with one attached hydrogen (secondary N) is 1. The topological polar surface area (TPSA) is 99.6 Å². The van der Waals surface area contributed by atoms with Crippen molar-refractivity contribution in [2.45, 2.75) is 199 Å². The Labute approximate surface area is 293 Å². The average Bonchev–Trinajstić information content (AvgIpc) is 3.01. The molecule has 45 heavy (non-hydrogen) atoms. The molecule has 0 aromatic carbocycles. The minimum Gasteiger partial charge on any atom is -0.379 e. The molecule has 0 spiro atoms. The fourth-order valence-corrected chi connectivity index (χ4v) is 5.60. The molecule has 0 saturated heterocycles. The van der Waals surface area contributed by atoms with Crippen LogP contribution in [0.5, 0.6) is 0 Å². The third-order valence-corrected chi connectivity index (χ3v) is 8.61. The van der Waals surface area contributed by atoms with E-state index in [9.17, 15) is 4.79 Å². The smallest absolute Gasteiger partial charge is 0.237 e. The van der Waals surface area contributed by atoms with Crippen molar-refractivity contribution in [3.63, 3.8) is 0 Å². The Morgan fingerprint density at radius 2 is 0.978 bits per heavy atom. The van der Waals surface area contributed by atoms with Gasteiger partial charge in [0.2, 0.25) is 5.91 Å². The number of carbonyl (C=O) groups is 1. The van der Waals surface area contributed by atoms with Gasteiger partial charge in [-0.25, -0.2) is 0 Å². The summed E-state index contributed by atoms with van der Waals surface area (Å²) in [6.07, 6.45) is 34.4. The summed E-state index contributed by atoms with van der Waals surface area (Å²) in [5.41, 5.74) is 11.6. The molecule has 0 aromatic heterocycles. The highest BCUT2D eigenvalue weighted by molar-refractivity contribution is 5.85. The molecular formula is C37H79Cl2N3O3. The first-order valence-corrected chi connectivity index (χ1v) is 19.1. The second-order valence-corrected chi connectivity index (χ2v) is 13.0. The molecule has 0 saturated carbocycles. The number of hydrogen-bond acceptors (Lipinski definition) is 5. The monoisotopic (exact) mass is 684 g/mol. The molecule has 1 amide bonds. The Bertz CT molecular complexity index is 561. The fourth-order valence-electron chi connectivity index (χ4n) is 5.60. The van der Waals surface area contributed by atoms with Crippen molar-refractivity contribution in [1.29, 1.82) is 0 Å². The van der Waals surface area contributed by atoms with E-state index in [1.807, 2.05) is 0 Å². The summed E-state index contributed by atoms with van der Waals surface area (Å²) in [6, 6.07) is -0.481. The van der Waals surface area contributed by atoms with Crippen LogP contribution in [-0.2, 0) is 14.3 Å². The van der Waals surface area contributed by atoms with E-state index in [2.05, 4.69) is 19.2 Å². The molecule has 0 bridgehead atoms. The van der Waals surface area contributed by atoms with Crippen molar-refractivity contribution in [3.8, 4) is 0 Å². The highest BCUT2D eigenvalue weighted by Crippen LogP contribution is 2.13. The molecule has 2 atom stereocenters. The van der Waals surface area contributed by atoms with Gasteiger partial charge in [-0.15, -0.1) is 24.8 Å². The van der Waals surface area contributed by atoms with Gasteiger partial charge in [0, 0.05) is 19.8 Å². The summed E-state index contributed by atoms with van der Waals surface area (Å²) in [6.45, 7) is 7.67. The second-order valence-electron chi connectivity index (χ2n) is 13.0. The molecular weight excluding hydrogens is 605 g/mol. The number of hydrogen-bond donors (Lipinski definition) is 3. The first-order valence-electron chi connectivity index (χ1n) is 19.1. The summed E-state index contributed by atoms with van der Waals surface area (Å²) in [4.78, 5) is 12.5. The molecule has 0 heterocycles. The predicted octanol–water partition coefficient (Wildman–Crippen LogP) is 10.2. The summed E-state index contributed by atoms with van der Waals surface area (Å²) >= 11 is 0. The van der Waals surface area contributed by atoms with Gasteiger partial charge in [0.25, 0.3) is 0 Å². The van der Waals surface area contributed by atoms with Crippen LogP contribution in [0.25, 0.3) is 0 Å². The fraction of sp³-hybridized carbons (Fsp3) is 0.973. The largest absolute Gasteiger partial charge is 0.379 e. The van der Waals surface area contributed by atoms with Gasteiger partial charge in [-0.3, -0.25) is 4.79 Å². The van der Waals surface area contributed by atoms with Crippen LogP contribution in [0.1, 0.15) is 187 Å². The van der Waals surface area contributed by atoms with Crippen LogP contribution < -0.4 is 16.8 Å². The van der Waals surface area contributed by atoms with Crippen molar-refractivity contribution in [2.75, 3.05) is 32.9 Å². The molecule has 0 aromatic rings. The van der Waals surface area contributed by atoms with E-state index in [0.717, 1.165) is 38.9 Å². The van der Waals surface area contributed by atoms with E-state index in [4.69, 9.17) is 20.9 Å². The molecule has 274 valence electrons. The molecule has 0 aliphatic heterocycles. The van der Waals surface area contributed by atoms with Gasteiger partial charge in [-0.05, 0) is 32.2 Å². The first kappa shape index (κ1) is 49.3. The molecule has 0 fully saturated rings. The Hall–Kier alpha value is -0.110. The Balaban J connectivity index is -0.00000882. The van der Waals surface area contributed by atoms with E-state index < -0.39 is 6.04 Å². The van der Waals surface area contributed by atoms with E-state index >= 15 is 0 Å². The van der Waals surface area contributed by atoms with Crippen molar-refractivity contribution >= 4 is 30.7 Å². The zero-order valence-electron chi connectivity index (χ0n) is 30.0. The first-order chi connectivity index (χ1) is 21.2. The number of nitrogens with two attached hydrogens (primary N) is 2. The Morgan fingerprint density at radius 3 is 1.40 bits per heavy atom.